The van der Waals surface area contributed by atoms with Gasteiger partial charge in [0.2, 0.25) is 11.8 Å². The molecule has 55 heavy (non-hydrogen) atoms. The summed E-state index contributed by atoms with van der Waals surface area (Å²) in [5.41, 5.74) is 0.354. The molecule has 1 saturated heterocycles. The number of anilines is 1. The predicted octanol–water partition coefficient (Wildman–Crippen LogP) is 5.29. The number of nitrogens with zero attached hydrogens (tertiary/aromatic N) is 9. The molecule has 3 aliphatic rings. The Balaban J connectivity index is 1.16. The molecule has 0 atom stereocenters. The van der Waals surface area contributed by atoms with Gasteiger partial charge in [0.05, 0.1) is 12.2 Å². The zero-order chi connectivity index (χ0) is 38.8. The molecule has 3 aliphatic heterocycles. The minimum absolute atomic E-state index is 0.0262. The molecule has 1 fully saturated rings. The highest BCUT2D eigenvalue weighted by molar-refractivity contribution is 7.14. The van der Waals surface area contributed by atoms with Gasteiger partial charge in [-0.05, 0) is 37.4 Å². The molecule has 3 aromatic rings. The Kier molecular flexibility index (Phi) is 12.4. The third-order valence-corrected chi connectivity index (χ3v) is 10.4. The maximum atomic E-state index is 13.7. The number of thiazole rings is 1. The van der Waals surface area contributed by atoms with Crippen LogP contribution in [0, 0.1) is 24.7 Å². The van der Waals surface area contributed by atoms with Crippen molar-refractivity contribution in [2.45, 2.75) is 62.7 Å². The largest absolute Gasteiger partial charge is 0.492 e. The summed E-state index contributed by atoms with van der Waals surface area (Å²) >= 11 is 1.25. The molecule has 6 rings (SSSR count). The van der Waals surface area contributed by atoms with E-state index in [1.165, 1.54) is 28.4 Å². The fourth-order valence-corrected chi connectivity index (χ4v) is 6.82. The Morgan fingerprint density at radius 2 is 1.51 bits per heavy atom. The van der Waals surface area contributed by atoms with E-state index in [2.05, 4.69) is 52.5 Å². The molecule has 2 aromatic heterocycles. The number of terminal acetylenes is 2. The smallest absolute Gasteiger partial charge is 0.257 e. The van der Waals surface area contributed by atoms with Crippen LogP contribution in [0.2, 0.25) is 0 Å². The second kappa shape index (κ2) is 17.5. The fraction of sp³-hybridized carbons (Fsp3) is 0.436. The number of rotatable bonds is 18. The van der Waals surface area contributed by atoms with E-state index >= 15 is 0 Å². The molecular weight excluding hydrogens is 721 g/mol. The number of carbonyl (C=O) groups is 4. The van der Waals surface area contributed by atoms with Crippen molar-refractivity contribution >= 4 is 40.1 Å². The van der Waals surface area contributed by atoms with E-state index in [4.69, 9.17) is 17.6 Å². The summed E-state index contributed by atoms with van der Waals surface area (Å²) < 4.78 is 6.11. The molecule has 284 valence electrons. The first kappa shape index (κ1) is 38.9. The molecular formula is C39H42N10O5S. The third-order valence-electron chi connectivity index (χ3n) is 9.63. The van der Waals surface area contributed by atoms with E-state index < -0.39 is 29.0 Å². The van der Waals surface area contributed by atoms with E-state index in [0.717, 1.165) is 13.1 Å². The highest BCUT2D eigenvalue weighted by atomic mass is 32.1. The highest BCUT2D eigenvalue weighted by Crippen LogP contribution is 2.39. The van der Waals surface area contributed by atoms with Crippen LogP contribution in [0.3, 0.4) is 0 Å². The van der Waals surface area contributed by atoms with Gasteiger partial charge in [0.15, 0.2) is 16.5 Å². The number of benzene rings is 1. The first-order valence-electron chi connectivity index (χ1n) is 18.1. The Labute approximate surface area is 323 Å². The number of aromatic nitrogens is 2. The monoisotopic (exact) mass is 762 g/mol. The van der Waals surface area contributed by atoms with Gasteiger partial charge in [-0.15, -0.1) is 36.0 Å². The number of imide groups is 1. The topological polar surface area (TPSA) is 174 Å². The van der Waals surface area contributed by atoms with Crippen molar-refractivity contribution in [1.82, 2.24) is 24.7 Å². The molecule has 16 heteroatoms. The van der Waals surface area contributed by atoms with Crippen molar-refractivity contribution < 1.29 is 23.9 Å². The second-order valence-corrected chi connectivity index (χ2v) is 14.5. The highest BCUT2D eigenvalue weighted by Gasteiger charge is 2.42. The first-order chi connectivity index (χ1) is 26.6. The van der Waals surface area contributed by atoms with Crippen LogP contribution in [-0.2, 0) is 9.59 Å². The van der Waals surface area contributed by atoms with Crippen molar-refractivity contribution in [3.8, 4) is 41.8 Å². The van der Waals surface area contributed by atoms with Gasteiger partial charge >= 0.3 is 0 Å². The Morgan fingerprint density at radius 3 is 2.09 bits per heavy atom. The number of ether oxygens (including phenoxy) is 1. The summed E-state index contributed by atoms with van der Waals surface area (Å²) in [5.74, 6) is 3.85. The van der Waals surface area contributed by atoms with Gasteiger partial charge in [-0.3, -0.25) is 34.4 Å². The SMILES string of the molecule is C#CCCC1(CCC(=O)N(CCOc2cc(C(=O)Nc3nc(-c4ccccn4)cs3)cc(C(=O)N3CCN(C)CC3)c2)C(=O)CCC2(CCC#C)N=N2)N=N1. The van der Waals surface area contributed by atoms with Gasteiger partial charge < -0.3 is 14.5 Å². The molecule has 0 unspecified atom stereocenters. The van der Waals surface area contributed by atoms with Gasteiger partial charge in [-0.2, -0.15) is 20.5 Å². The van der Waals surface area contributed by atoms with Crippen LogP contribution in [0.1, 0.15) is 72.1 Å². The van der Waals surface area contributed by atoms with Crippen LogP contribution in [0.4, 0.5) is 5.13 Å². The summed E-state index contributed by atoms with van der Waals surface area (Å²) in [4.78, 5) is 68.4. The molecule has 0 radical (unpaired) electrons. The normalized spacial score (nSPS) is 16.1. The standard InChI is InChI=1S/C39H42N10O5S/c1-4-6-13-38(43-44-38)15-11-33(50)49(34(51)12-16-39(45-46-39)14-7-5-2)22-23-54-30-25-28(24-29(26-30)36(53)48-20-18-47(3)19-21-48)35(52)42-37-41-32(27-55-37)31-10-8-9-17-40-31/h1-2,8-10,17,24-27H,6-7,11-16,18-23H2,3H3,(H,41,42,52). The maximum absolute atomic E-state index is 13.7. The summed E-state index contributed by atoms with van der Waals surface area (Å²) in [5, 5.41) is 21.4. The predicted molar refractivity (Wildman–Crippen MR) is 205 cm³/mol. The molecule has 0 bridgehead atoms. The Bertz CT molecular complexity index is 1980. The quantitative estimate of drug-likeness (QED) is 0.170. The molecule has 5 heterocycles. The van der Waals surface area contributed by atoms with Crippen LogP contribution < -0.4 is 10.1 Å². The van der Waals surface area contributed by atoms with Crippen LogP contribution in [0.5, 0.6) is 5.75 Å². The van der Waals surface area contributed by atoms with E-state index in [9.17, 15) is 19.2 Å². The van der Waals surface area contributed by atoms with Gasteiger partial charge in [-0.25, -0.2) is 4.98 Å². The molecule has 0 saturated carbocycles. The van der Waals surface area contributed by atoms with Gasteiger partial charge in [0.25, 0.3) is 11.8 Å². The van der Waals surface area contributed by atoms with E-state index in [0.29, 0.717) is 68.1 Å². The molecule has 0 spiro atoms. The molecule has 1 aromatic carbocycles. The number of carbonyl (C=O) groups excluding carboxylic acids is 4. The van der Waals surface area contributed by atoms with E-state index in [1.54, 1.807) is 22.5 Å². The lowest BCUT2D eigenvalue weighted by molar-refractivity contribution is -0.145. The average Bonchev–Trinajstić information content (AvgIpc) is 4.12. The maximum Gasteiger partial charge on any atom is 0.257 e. The van der Waals surface area contributed by atoms with E-state index in [1.807, 2.05) is 25.2 Å². The summed E-state index contributed by atoms with van der Waals surface area (Å²) in [6.07, 6.45) is 15.2. The van der Waals surface area contributed by atoms with E-state index in [-0.39, 0.29) is 48.8 Å². The molecule has 0 aliphatic carbocycles. The average molecular weight is 763 g/mol. The van der Waals surface area contributed by atoms with Crippen molar-refractivity contribution in [2.75, 3.05) is 51.7 Å². The minimum Gasteiger partial charge on any atom is -0.492 e. The number of amides is 4. The summed E-state index contributed by atoms with van der Waals surface area (Å²) in [6, 6.07) is 10.1. The summed E-state index contributed by atoms with van der Waals surface area (Å²) in [6.45, 7) is 2.32. The van der Waals surface area contributed by atoms with Crippen LogP contribution in [0.25, 0.3) is 11.4 Å². The second-order valence-electron chi connectivity index (χ2n) is 13.6. The lowest BCUT2D eigenvalue weighted by Crippen LogP contribution is -2.47. The zero-order valence-corrected chi connectivity index (χ0v) is 31.5. The van der Waals surface area contributed by atoms with Crippen molar-refractivity contribution in [3.05, 3.63) is 59.1 Å². The number of hydrogen-bond acceptors (Lipinski definition) is 13. The van der Waals surface area contributed by atoms with Gasteiger partial charge in [0, 0.05) is 100 Å². The van der Waals surface area contributed by atoms with Crippen molar-refractivity contribution in [2.24, 2.45) is 20.5 Å². The third kappa shape index (κ3) is 10.4. The number of pyridine rings is 1. The van der Waals surface area contributed by atoms with Crippen LogP contribution >= 0.6 is 11.3 Å². The Morgan fingerprint density at radius 1 is 0.873 bits per heavy atom. The number of nitrogens with one attached hydrogen (secondary N) is 1. The number of hydrogen-bond donors (Lipinski definition) is 1. The van der Waals surface area contributed by atoms with Crippen LogP contribution in [-0.4, -0.2) is 106 Å². The number of likely N-dealkylation sites (N-methyl/N-ethyl adjacent to an activating group) is 1. The molecule has 4 amide bonds. The van der Waals surface area contributed by atoms with Gasteiger partial charge in [-0.1, -0.05) is 6.07 Å². The molecule has 1 N–H and O–H groups in total. The first-order valence-corrected chi connectivity index (χ1v) is 19.0. The Hall–Kier alpha value is -5.84. The lowest BCUT2D eigenvalue weighted by atomic mass is 10.0. The molecule has 15 nitrogen and oxygen atoms in total. The minimum atomic E-state index is -0.690. The zero-order valence-electron chi connectivity index (χ0n) is 30.6. The van der Waals surface area contributed by atoms with Crippen molar-refractivity contribution in [3.63, 3.8) is 0 Å². The van der Waals surface area contributed by atoms with Gasteiger partial charge in [0.1, 0.15) is 18.1 Å². The van der Waals surface area contributed by atoms with Crippen LogP contribution in [0.15, 0.2) is 68.4 Å². The lowest BCUT2D eigenvalue weighted by Gasteiger charge is -2.32. The van der Waals surface area contributed by atoms with Crippen molar-refractivity contribution in [1.29, 1.82) is 0 Å². The fourth-order valence-electron chi connectivity index (χ4n) is 6.13. The summed E-state index contributed by atoms with van der Waals surface area (Å²) in [7, 11) is 2.00. The number of piperazine rings is 1.